The van der Waals surface area contributed by atoms with E-state index in [1.165, 1.54) is 11.3 Å². The van der Waals surface area contributed by atoms with Crippen molar-refractivity contribution < 1.29 is 19.1 Å². The summed E-state index contributed by atoms with van der Waals surface area (Å²) in [5.41, 5.74) is 1.24. The van der Waals surface area contributed by atoms with Crippen LogP contribution in [0.25, 0.3) is 5.70 Å². The van der Waals surface area contributed by atoms with Crippen LogP contribution in [0.5, 0.6) is 5.75 Å². The maximum Gasteiger partial charge on any atom is 0.341 e. The number of carbonyl (C=O) groups is 1. The molecule has 194 valence electrons. The van der Waals surface area contributed by atoms with E-state index in [-0.39, 0.29) is 6.03 Å². The molecule has 1 aromatic heterocycles. The highest BCUT2D eigenvalue weighted by atomic mass is 16.5. The lowest BCUT2D eigenvalue weighted by Gasteiger charge is -2.39. The normalized spacial score (nSPS) is 23.1. The van der Waals surface area contributed by atoms with Gasteiger partial charge in [0, 0.05) is 33.2 Å². The molecule has 3 N–H and O–H groups in total. The average molecular weight is 507 g/mol. The maximum absolute atomic E-state index is 13.2. The molecule has 12 nitrogen and oxygen atoms in total. The molecule has 5 heterocycles. The van der Waals surface area contributed by atoms with Crippen molar-refractivity contribution in [2.45, 2.75) is 24.7 Å². The lowest BCUT2D eigenvalue weighted by atomic mass is 9.84. The Labute approximate surface area is 214 Å². The van der Waals surface area contributed by atoms with Gasteiger partial charge in [-0.25, -0.2) is 35.6 Å². The zero-order chi connectivity index (χ0) is 25.7. The van der Waals surface area contributed by atoms with Crippen molar-refractivity contribution in [2.75, 3.05) is 40.3 Å². The Morgan fingerprint density at radius 3 is 2.62 bits per heavy atom. The molecule has 12 heteroatoms. The number of aliphatic imine (C=N–C) groups is 2. The van der Waals surface area contributed by atoms with Gasteiger partial charge in [-0.05, 0) is 42.7 Å². The standard InChI is InChI=1S/C25H30N8O4/c1-29-24(34)31(14-13-30-11-9-25(35,10-12-30)17-5-7-18(36-2)8-6-17)23-28-22-21(33(23)29)20(27-16-32(22)26)19-4-3-15-37-19/h3-8,15-16,23,35H,9-14,26H2,1-2H3. The molecule has 37 heavy (non-hydrogen) atoms. The van der Waals surface area contributed by atoms with E-state index in [9.17, 15) is 9.90 Å². The summed E-state index contributed by atoms with van der Waals surface area (Å²) in [6.45, 7) is 2.60. The van der Waals surface area contributed by atoms with E-state index in [1.807, 2.05) is 35.3 Å². The number of nitrogens with zero attached hydrogens (tertiary/aromatic N) is 7. The van der Waals surface area contributed by atoms with Crippen LogP contribution in [0.1, 0.15) is 24.2 Å². The first-order valence-electron chi connectivity index (χ1n) is 12.3. The second-order valence-electron chi connectivity index (χ2n) is 9.57. The number of furan rings is 1. The van der Waals surface area contributed by atoms with Crippen molar-refractivity contribution in [2.24, 2.45) is 15.8 Å². The van der Waals surface area contributed by atoms with Crippen LogP contribution < -0.4 is 10.6 Å². The lowest BCUT2D eigenvalue weighted by Crippen LogP contribution is -2.46. The molecule has 2 saturated heterocycles. The number of amides is 2. The molecule has 4 aliphatic heterocycles. The van der Waals surface area contributed by atoms with Crippen molar-refractivity contribution in [3.8, 4) is 5.75 Å². The number of nitrogens with two attached hydrogens (primary N) is 1. The first-order chi connectivity index (χ1) is 17.9. The highest BCUT2D eigenvalue weighted by Gasteiger charge is 2.51. The van der Waals surface area contributed by atoms with Gasteiger partial charge in [-0.3, -0.25) is 4.90 Å². The van der Waals surface area contributed by atoms with Crippen LogP contribution in [-0.4, -0.2) is 94.8 Å². The van der Waals surface area contributed by atoms with Gasteiger partial charge in [-0.1, -0.05) is 12.1 Å². The molecule has 1 atom stereocenters. The molecule has 0 saturated carbocycles. The predicted molar refractivity (Wildman–Crippen MR) is 136 cm³/mol. The van der Waals surface area contributed by atoms with Crippen molar-refractivity contribution in [3.63, 3.8) is 0 Å². The highest BCUT2D eigenvalue weighted by molar-refractivity contribution is 6.12. The molecule has 2 amide bonds. The van der Waals surface area contributed by atoms with Gasteiger partial charge in [-0.15, -0.1) is 0 Å². The number of ether oxygens (including phenoxy) is 1. The van der Waals surface area contributed by atoms with Crippen LogP contribution in [0.15, 0.2) is 62.8 Å². The number of piperidine rings is 1. The van der Waals surface area contributed by atoms with Crippen molar-refractivity contribution in [1.29, 1.82) is 0 Å². The Kier molecular flexibility index (Phi) is 5.66. The van der Waals surface area contributed by atoms with Crippen LogP contribution in [0.2, 0.25) is 0 Å². The van der Waals surface area contributed by atoms with E-state index in [1.54, 1.807) is 36.4 Å². The molecule has 2 fully saturated rings. The minimum absolute atomic E-state index is 0.149. The zero-order valence-corrected chi connectivity index (χ0v) is 20.8. The van der Waals surface area contributed by atoms with E-state index in [2.05, 4.69) is 9.89 Å². The third-order valence-electron chi connectivity index (χ3n) is 7.52. The van der Waals surface area contributed by atoms with Crippen LogP contribution in [-0.2, 0) is 5.60 Å². The summed E-state index contributed by atoms with van der Waals surface area (Å²) in [6, 6.07) is 11.1. The van der Waals surface area contributed by atoms with Crippen LogP contribution in [0.3, 0.4) is 0 Å². The molecular formula is C25H30N8O4. The number of amidine groups is 1. The third kappa shape index (κ3) is 3.84. The number of carbonyl (C=O) groups excluding carboxylic acids is 1. The quantitative estimate of drug-likeness (QED) is 0.564. The summed E-state index contributed by atoms with van der Waals surface area (Å²) in [4.78, 5) is 26.5. The van der Waals surface area contributed by atoms with E-state index in [0.717, 1.165) is 24.4 Å². The SMILES string of the molecule is COc1ccc(C2(O)CCN(CCN3C(=O)N(C)N4C5=C(c6ccco6)N=CN(N)C5=NC34)CC2)cc1. The summed E-state index contributed by atoms with van der Waals surface area (Å²) < 4.78 is 10.8. The van der Waals surface area contributed by atoms with Gasteiger partial charge in [0.1, 0.15) is 23.5 Å². The molecular weight excluding hydrogens is 476 g/mol. The molecule has 0 radical (unpaired) electrons. The van der Waals surface area contributed by atoms with Gasteiger partial charge in [0.05, 0.1) is 19.0 Å². The third-order valence-corrected chi connectivity index (χ3v) is 7.52. The predicted octanol–water partition coefficient (Wildman–Crippen LogP) is 1.44. The topological polar surface area (TPSA) is 127 Å². The Balaban J connectivity index is 1.15. The summed E-state index contributed by atoms with van der Waals surface area (Å²) in [6.07, 6.45) is 3.75. The average Bonchev–Trinajstić information content (AvgIpc) is 3.63. The van der Waals surface area contributed by atoms with Gasteiger partial charge >= 0.3 is 6.03 Å². The molecule has 1 unspecified atom stereocenters. The van der Waals surface area contributed by atoms with Crippen molar-refractivity contribution in [1.82, 2.24) is 24.8 Å². The Morgan fingerprint density at radius 1 is 1.19 bits per heavy atom. The van der Waals surface area contributed by atoms with Crippen LogP contribution in [0.4, 0.5) is 4.79 Å². The number of hydrazine groups is 2. The molecule has 1 aromatic carbocycles. The monoisotopic (exact) mass is 506 g/mol. The van der Waals surface area contributed by atoms with Crippen LogP contribution >= 0.6 is 0 Å². The molecule has 0 bridgehead atoms. The van der Waals surface area contributed by atoms with Gasteiger partial charge in [-0.2, -0.15) is 0 Å². The fraction of sp³-hybridized carbons (Fsp3) is 0.400. The number of urea groups is 1. The van der Waals surface area contributed by atoms with E-state index in [4.69, 9.17) is 20.0 Å². The number of benzene rings is 1. The zero-order valence-electron chi connectivity index (χ0n) is 20.8. The van der Waals surface area contributed by atoms with Gasteiger partial charge in [0.15, 0.2) is 11.6 Å². The van der Waals surface area contributed by atoms with Crippen LogP contribution in [0, 0.1) is 0 Å². The summed E-state index contributed by atoms with van der Waals surface area (Å²) in [7, 11) is 3.35. The van der Waals surface area contributed by atoms with E-state index < -0.39 is 11.9 Å². The summed E-state index contributed by atoms with van der Waals surface area (Å²) >= 11 is 0. The first-order valence-corrected chi connectivity index (χ1v) is 12.3. The van der Waals surface area contributed by atoms with Crippen molar-refractivity contribution >= 4 is 23.9 Å². The number of hydrogen-bond acceptors (Lipinski definition) is 10. The number of fused-ring (bicyclic) bond motifs is 3. The second-order valence-corrected chi connectivity index (χ2v) is 9.57. The number of hydrogen-bond donors (Lipinski definition) is 2. The molecule has 0 aliphatic carbocycles. The molecule has 2 aromatic rings. The lowest BCUT2D eigenvalue weighted by molar-refractivity contribution is -0.0273. The number of likely N-dealkylation sites (tertiary alicyclic amines) is 1. The summed E-state index contributed by atoms with van der Waals surface area (Å²) in [5.74, 6) is 8.01. The molecule has 0 spiro atoms. The second kappa shape index (κ2) is 8.91. The summed E-state index contributed by atoms with van der Waals surface area (Å²) in [5, 5.41) is 16.0. The smallest absolute Gasteiger partial charge is 0.341 e. The number of aliphatic hydroxyl groups is 1. The Bertz CT molecular complexity index is 1260. The number of methoxy groups -OCH3 is 1. The first kappa shape index (κ1) is 23.5. The van der Waals surface area contributed by atoms with Gasteiger partial charge in [0.25, 0.3) is 0 Å². The van der Waals surface area contributed by atoms with Gasteiger partial charge < -0.3 is 19.2 Å². The number of rotatable bonds is 6. The van der Waals surface area contributed by atoms with Gasteiger partial charge in [0.2, 0.25) is 6.29 Å². The molecule has 6 rings (SSSR count). The maximum atomic E-state index is 13.2. The van der Waals surface area contributed by atoms with E-state index >= 15 is 0 Å². The Morgan fingerprint density at radius 2 is 1.95 bits per heavy atom. The fourth-order valence-electron chi connectivity index (χ4n) is 5.36. The highest BCUT2D eigenvalue weighted by Crippen LogP contribution is 2.39. The largest absolute Gasteiger partial charge is 0.497 e. The minimum atomic E-state index is -0.865. The Hall–Kier alpha value is -3.87. The van der Waals surface area contributed by atoms with E-state index in [0.29, 0.717) is 48.9 Å². The van der Waals surface area contributed by atoms with Crippen molar-refractivity contribution in [3.05, 3.63) is 59.7 Å². The minimum Gasteiger partial charge on any atom is -0.497 e. The molecule has 4 aliphatic rings. The fourth-order valence-corrected chi connectivity index (χ4v) is 5.36.